The molecule has 0 saturated carbocycles. The molecule has 0 aliphatic rings. The number of benzene rings is 6. The highest BCUT2D eigenvalue weighted by molar-refractivity contribution is 6.04. The van der Waals surface area contributed by atoms with Crippen LogP contribution in [0, 0.1) is 0 Å². The lowest BCUT2D eigenvalue weighted by Crippen LogP contribution is -2.11. The van der Waals surface area contributed by atoms with Crippen LogP contribution in [-0.2, 0) is 0 Å². The van der Waals surface area contributed by atoms with Crippen molar-refractivity contribution >= 4 is 50.0 Å². The number of anilines is 3. The molecule has 8 rings (SSSR count). The van der Waals surface area contributed by atoms with Crippen molar-refractivity contribution in [1.29, 1.82) is 0 Å². The highest BCUT2D eigenvalue weighted by atomic mass is 16.3. The number of rotatable bonds is 5. The van der Waals surface area contributed by atoms with Crippen molar-refractivity contribution in [1.82, 2.24) is 4.98 Å². The lowest BCUT2D eigenvalue weighted by molar-refractivity contribution is 0.654. The van der Waals surface area contributed by atoms with Crippen molar-refractivity contribution in [2.45, 2.75) is 0 Å². The molecule has 0 aliphatic heterocycles. The van der Waals surface area contributed by atoms with E-state index in [9.17, 15) is 0 Å². The number of hydrogen-bond acceptors (Lipinski definition) is 3. The Morgan fingerprint density at radius 3 is 1.79 bits per heavy atom. The molecule has 0 N–H and O–H groups in total. The number of hydrogen-bond donors (Lipinski definition) is 0. The third-order valence-electron chi connectivity index (χ3n) is 7.90. The molecule has 8 aromatic rings. The predicted octanol–water partition coefficient (Wildman–Crippen LogP) is 10.9. The van der Waals surface area contributed by atoms with Gasteiger partial charge in [-0.05, 0) is 81.6 Å². The van der Waals surface area contributed by atoms with Crippen molar-refractivity contribution in [2.75, 3.05) is 4.90 Å². The molecule has 0 fully saturated rings. The number of nitrogens with zero attached hydrogens (tertiary/aromatic N) is 2. The Morgan fingerprint density at radius 1 is 0.429 bits per heavy atom. The van der Waals surface area contributed by atoms with E-state index in [1.54, 1.807) is 0 Å². The second-order valence-electron chi connectivity index (χ2n) is 10.5. The number of fused-ring (bicyclic) bond motifs is 4. The molecular weight excluding hydrogens is 512 g/mol. The average molecular weight is 539 g/mol. The van der Waals surface area contributed by atoms with Gasteiger partial charge in [0.2, 0.25) is 5.71 Å². The molecule has 3 nitrogen and oxygen atoms in total. The highest BCUT2D eigenvalue weighted by Gasteiger charge is 2.17. The average Bonchev–Trinajstić information content (AvgIpc) is 3.44. The largest absolute Gasteiger partial charge is 0.438 e. The van der Waals surface area contributed by atoms with Crippen LogP contribution >= 0.6 is 0 Å². The van der Waals surface area contributed by atoms with Gasteiger partial charge >= 0.3 is 0 Å². The van der Waals surface area contributed by atoms with Crippen LogP contribution in [0.5, 0.6) is 0 Å². The van der Waals surface area contributed by atoms with E-state index >= 15 is 0 Å². The number of pyridine rings is 1. The highest BCUT2D eigenvalue weighted by Crippen LogP contribution is 2.38. The van der Waals surface area contributed by atoms with Crippen molar-refractivity contribution < 1.29 is 4.42 Å². The Bertz CT molecular complexity index is 2180. The molecule has 198 valence electrons. The monoisotopic (exact) mass is 538 g/mol. The Labute approximate surface area is 243 Å². The summed E-state index contributed by atoms with van der Waals surface area (Å²) in [4.78, 5) is 7.21. The molecule has 0 radical (unpaired) electrons. The molecule has 0 aliphatic carbocycles. The Hall–Kier alpha value is -5.67. The van der Waals surface area contributed by atoms with E-state index in [0.29, 0.717) is 5.71 Å². The quantitative estimate of drug-likeness (QED) is 0.218. The summed E-state index contributed by atoms with van der Waals surface area (Å²) in [5.74, 6) is 0.799. The van der Waals surface area contributed by atoms with Crippen LogP contribution in [0.3, 0.4) is 0 Å². The number of aromatic nitrogens is 1. The van der Waals surface area contributed by atoms with Crippen molar-refractivity contribution in [3.63, 3.8) is 0 Å². The zero-order valence-corrected chi connectivity index (χ0v) is 22.8. The van der Waals surface area contributed by atoms with Crippen molar-refractivity contribution in [2.24, 2.45) is 0 Å². The first-order valence-corrected chi connectivity index (χ1v) is 14.1. The van der Waals surface area contributed by atoms with E-state index in [4.69, 9.17) is 9.40 Å². The van der Waals surface area contributed by atoms with Crippen LogP contribution in [0.1, 0.15) is 0 Å². The first-order valence-electron chi connectivity index (χ1n) is 14.1. The van der Waals surface area contributed by atoms with Crippen LogP contribution in [-0.4, -0.2) is 4.98 Å². The maximum Gasteiger partial charge on any atom is 0.229 e. The lowest BCUT2D eigenvalue weighted by Gasteiger charge is -2.24. The molecular formula is C39H26N2O. The Kier molecular flexibility index (Phi) is 5.79. The molecule has 2 aromatic heterocycles. The van der Waals surface area contributed by atoms with Gasteiger partial charge in [-0.3, -0.25) is 4.90 Å². The smallest absolute Gasteiger partial charge is 0.229 e. The zero-order chi connectivity index (χ0) is 27.9. The maximum atomic E-state index is 6.17. The normalized spacial score (nSPS) is 11.3. The predicted molar refractivity (Wildman–Crippen MR) is 175 cm³/mol. The zero-order valence-electron chi connectivity index (χ0n) is 22.8. The molecule has 0 spiro atoms. The third-order valence-corrected chi connectivity index (χ3v) is 7.90. The summed E-state index contributed by atoms with van der Waals surface area (Å²) in [6.45, 7) is 0. The molecule has 2 heterocycles. The topological polar surface area (TPSA) is 29.3 Å². The van der Waals surface area contributed by atoms with E-state index in [2.05, 4.69) is 138 Å². The summed E-state index contributed by atoms with van der Waals surface area (Å²) in [6, 6.07) is 55.2. The van der Waals surface area contributed by atoms with E-state index in [0.717, 1.165) is 33.5 Å². The molecule has 0 saturated heterocycles. The van der Waals surface area contributed by atoms with Crippen LogP contribution in [0.4, 0.5) is 17.2 Å². The minimum absolute atomic E-state index is 0.632. The van der Waals surface area contributed by atoms with Gasteiger partial charge in [0.15, 0.2) is 0 Å². The van der Waals surface area contributed by atoms with E-state index < -0.39 is 0 Å². The summed E-state index contributed by atoms with van der Waals surface area (Å²) in [5.41, 5.74) is 8.25. The standard InChI is InChI=1S/C39H26N2O/c1-2-8-27(9-3-1)29-16-20-33(21-17-29)41(38-25-24-36-35-12-6-7-13-37(35)42-39(36)40-38)34-22-18-30(19-23-34)32-15-14-28-10-4-5-11-31(28)26-32/h1-26H. The first-order chi connectivity index (χ1) is 20.8. The molecule has 0 atom stereocenters. The van der Waals surface area contributed by atoms with Gasteiger partial charge in [0.05, 0.1) is 0 Å². The minimum atomic E-state index is 0.632. The number of para-hydroxylation sites is 1. The SMILES string of the molecule is c1ccc(-c2ccc(N(c3ccc(-c4ccc5ccccc5c4)cc3)c3ccc4c(n3)oc3ccccc34)cc2)cc1. The molecule has 42 heavy (non-hydrogen) atoms. The minimum Gasteiger partial charge on any atom is -0.438 e. The van der Waals surface area contributed by atoms with Crippen LogP contribution < -0.4 is 4.90 Å². The molecule has 0 unspecified atom stereocenters. The van der Waals surface area contributed by atoms with Gasteiger partial charge in [-0.2, -0.15) is 4.98 Å². The second-order valence-corrected chi connectivity index (χ2v) is 10.5. The van der Waals surface area contributed by atoms with E-state index in [1.807, 2.05) is 24.3 Å². The fourth-order valence-electron chi connectivity index (χ4n) is 5.74. The number of furan rings is 1. The Balaban J connectivity index is 1.22. The van der Waals surface area contributed by atoms with Gasteiger partial charge in [-0.25, -0.2) is 0 Å². The van der Waals surface area contributed by atoms with Gasteiger partial charge in [-0.15, -0.1) is 0 Å². The van der Waals surface area contributed by atoms with E-state index in [-0.39, 0.29) is 0 Å². The summed E-state index contributed by atoms with van der Waals surface area (Å²) in [6.07, 6.45) is 0. The van der Waals surface area contributed by atoms with Crippen LogP contribution in [0.25, 0.3) is 55.1 Å². The van der Waals surface area contributed by atoms with Crippen LogP contribution in [0.2, 0.25) is 0 Å². The van der Waals surface area contributed by atoms with Gasteiger partial charge < -0.3 is 4.42 Å². The first kappa shape index (κ1) is 24.2. The molecule has 0 amide bonds. The summed E-state index contributed by atoms with van der Waals surface area (Å²) >= 11 is 0. The Morgan fingerprint density at radius 2 is 1.02 bits per heavy atom. The van der Waals surface area contributed by atoms with Gasteiger partial charge in [0, 0.05) is 22.1 Å². The fourth-order valence-corrected chi connectivity index (χ4v) is 5.74. The van der Waals surface area contributed by atoms with Gasteiger partial charge in [0.1, 0.15) is 11.4 Å². The summed E-state index contributed by atoms with van der Waals surface area (Å²) < 4.78 is 6.17. The maximum absolute atomic E-state index is 6.17. The molecule has 0 bridgehead atoms. The van der Waals surface area contributed by atoms with Crippen molar-refractivity contribution in [3.05, 3.63) is 158 Å². The summed E-state index contributed by atoms with van der Waals surface area (Å²) in [7, 11) is 0. The van der Waals surface area contributed by atoms with Gasteiger partial charge in [-0.1, -0.05) is 109 Å². The van der Waals surface area contributed by atoms with Crippen molar-refractivity contribution in [3.8, 4) is 22.3 Å². The van der Waals surface area contributed by atoms with Gasteiger partial charge in [0.25, 0.3) is 0 Å². The fraction of sp³-hybridized carbons (Fsp3) is 0. The lowest BCUT2D eigenvalue weighted by atomic mass is 10.0. The third kappa shape index (κ3) is 4.29. The van der Waals surface area contributed by atoms with Crippen LogP contribution in [0.15, 0.2) is 162 Å². The summed E-state index contributed by atoms with van der Waals surface area (Å²) in [5, 5.41) is 4.57. The molecule has 3 heteroatoms. The second kappa shape index (κ2) is 10.1. The molecule has 6 aromatic carbocycles. The van der Waals surface area contributed by atoms with E-state index in [1.165, 1.54) is 33.0 Å².